The second kappa shape index (κ2) is 7.79. The number of carbonyl (C=O) groups excluding carboxylic acids is 3. The summed E-state index contributed by atoms with van der Waals surface area (Å²) in [7, 11) is 1.26. The van der Waals surface area contributed by atoms with Gasteiger partial charge in [-0.05, 0) is 31.7 Å². The monoisotopic (exact) mass is 358 g/mol. The molecular formula is C15H19ClN2O4S. The Morgan fingerprint density at radius 3 is 2.48 bits per heavy atom. The van der Waals surface area contributed by atoms with E-state index >= 15 is 0 Å². The largest absolute Gasteiger partial charge is 0.465 e. The smallest absolute Gasteiger partial charge is 0.341 e. The van der Waals surface area contributed by atoms with Crippen LogP contribution in [0.3, 0.4) is 0 Å². The van der Waals surface area contributed by atoms with E-state index in [-0.39, 0.29) is 17.4 Å². The summed E-state index contributed by atoms with van der Waals surface area (Å²) in [6, 6.07) is 0. The lowest BCUT2D eigenvalue weighted by Crippen LogP contribution is -2.35. The molecule has 2 amide bonds. The van der Waals surface area contributed by atoms with Crippen molar-refractivity contribution < 1.29 is 19.1 Å². The summed E-state index contributed by atoms with van der Waals surface area (Å²) in [6.45, 7) is 3.12. The van der Waals surface area contributed by atoms with Gasteiger partial charge in [0.2, 0.25) is 5.91 Å². The number of hydrogen-bond donors (Lipinski definition) is 1. The number of hydrogen-bond acceptors (Lipinski definition) is 5. The van der Waals surface area contributed by atoms with Gasteiger partial charge in [-0.1, -0.05) is 0 Å². The fourth-order valence-electron chi connectivity index (χ4n) is 2.55. The lowest BCUT2D eigenvalue weighted by Gasteiger charge is -2.26. The summed E-state index contributed by atoms with van der Waals surface area (Å²) in [5.74, 6) is -1.35. The Kier molecular flexibility index (Phi) is 6.01. The average Bonchev–Trinajstić information content (AvgIpc) is 2.90. The first-order chi connectivity index (χ1) is 11.0. The third-order valence-electron chi connectivity index (χ3n) is 3.75. The molecule has 1 fully saturated rings. The number of halogens is 1. The Labute approximate surface area is 143 Å². The molecule has 1 aromatic heterocycles. The number of thiophene rings is 1. The van der Waals surface area contributed by atoms with Gasteiger partial charge in [0.1, 0.15) is 10.9 Å². The predicted octanol–water partition coefficient (Wildman–Crippen LogP) is 2.65. The number of nitrogens with zero attached hydrogens (tertiary/aromatic N) is 1. The number of esters is 1. The van der Waals surface area contributed by atoms with Gasteiger partial charge in [-0.2, -0.15) is 0 Å². The summed E-state index contributed by atoms with van der Waals surface area (Å²) in [5.41, 5.74) is 0.749. The van der Waals surface area contributed by atoms with Crippen LogP contribution in [0.25, 0.3) is 0 Å². The van der Waals surface area contributed by atoms with E-state index in [1.165, 1.54) is 7.11 Å². The van der Waals surface area contributed by atoms with E-state index in [0.29, 0.717) is 28.5 Å². The molecule has 0 bridgehead atoms. The topological polar surface area (TPSA) is 75.7 Å². The van der Waals surface area contributed by atoms with Crippen LogP contribution in [-0.4, -0.2) is 48.8 Å². The Balaban J connectivity index is 2.37. The molecule has 1 N–H and O–H groups in total. The number of alkyl halides is 1. The zero-order valence-electron chi connectivity index (χ0n) is 13.1. The molecule has 0 unspecified atom stereocenters. The molecule has 6 nitrogen and oxygen atoms in total. The molecule has 8 heteroatoms. The number of carbonyl (C=O) groups is 3. The molecule has 0 atom stereocenters. The molecule has 0 radical (unpaired) electrons. The molecule has 23 heavy (non-hydrogen) atoms. The number of amides is 2. The van der Waals surface area contributed by atoms with Crippen LogP contribution in [0.1, 0.15) is 44.9 Å². The molecule has 0 spiro atoms. The van der Waals surface area contributed by atoms with Crippen molar-refractivity contribution in [1.82, 2.24) is 4.90 Å². The number of likely N-dealkylation sites (tertiary alicyclic amines) is 1. The Bertz CT molecular complexity index is 623. The van der Waals surface area contributed by atoms with Crippen molar-refractivity contribution in [2.24, 2.45) is 0 Å². The van der Waals surface area contributed by atoms with Gasteiger partial charge in [-0.3, -0.25) is 9.59 Å². The van der Waals surface area contributed by atoms with Gasteiger partial charge in [-0.25, -0.2) is 4.79 Å². The van der Waals surface area contributed by atoms with Gasteiger partial charge >= 0.3 is 5.97 Å². The Morgan fingerprint density at radius 2 is 1.91 bits per heavy atom. The van der Waals surface area contributed by atoms with Crippen molar-refractivity contribution in [2.75, 3.05) is 31.4 Å². The first-order valence-corrected chi connectivity index (χ1v) is 8.71. The second-order valence-electron chi connectivity index (χ2n) is 5.29. The molecule has 126 valence electrons. The molecule has 1 saturated heterocycles. The van der Waals surface area contributed by atoms with Crippen molar-refractivity contribution in [3.8, 4) is 0 Å². The third kappa shape index (κ3) is 3.84. The van der Waals surface area contributed by atoms with Gasteiger partial charge in [0.15, 0.2) is 0 Å². The van der Waals surface area contributed by atoms with Crippen molar-refractivity contribution in [3.05, 3.63) is 16.0 Å². The van der Waals surface area contributed by atoms with Crippen molar-refractivity contribution in [2.45, 2.75) is 26.2 Å². The lowest BCUT2D eigenvalue weighted by molar-refractivity contribution is -0.113. The fraction of sp³-hybridized carbons (Fsp3) is 0.533. The quantitative estimate of drug-likeness (QED) is 0.663. The van der Waals surface area contributed by atoms with Crippen LogP contribution >= 0.6 is 22.9 Å². The van der Waals surface area contributed by atoms with Crippen molar-refractivity contribution >= 4 is 45.7 Å². The maximum Gasteiger partial charge on any atom is 0.341 e. The van der Waals surface area contributed by atoms with Crippen LogP contribution in [0, 0.1) is 6.92 Å². The average molecular weight is 359 g/mol. The maximum atomic E-state index is 12.7. The second-order valence-corrected chi connectivity index (χ2v) is 6.57. The van der Waals surface area contributed by atoms with Crippen molar-refractivity contribution in [1.29, 1.82) is 0 Å². The number of nitrogens with one attached hydrogen (secondary N) is 1. The highest BCUT2D eigenvalue weighted by Gasteiger charge is 2.29. The van der Waals surface area contributed by atoms with Crippen molar-refractivity contribution in [3.63, 3.8) is 0 Å². The summed E-state index contributed by atoms with van der Waals surface area (Å²) in [6.07, 6.45) is 3.09. The van der Waals surface area contributed by atoms with E-state index in [1.54, 1.807) is 11.8 Å². The number of piperidine rings is 1. The van der Waals surface area contributed by atoms with Gasteiger partial charge in [-0.15, -0.1) is 22.9 Å². The maximum absolute atomic E-state index is 12.7. The molecule has 0 aliphatic carbocycles. The fourth-order valence-corrected chi connectivity index (χ4v) is 3.80. The molecule has 1 aromatic rings. The highest BCUT2D eigenvalue weighted by atomic mass is 35.5. The number of ether oxygens (including phenoxy) is 1. The Hall–Kier alpha value is -1.60. The first-order valence-electron chi connectivity index (χ1n) is 7.36. The highest BCUT2D eigenvalue weighted by molar-refractivity contribution is 7.18. The van der Waals surface area contributed by atoms with E-state index in [9.17, 15) is 14.4 Å². The van der Waals surface area contributed by atoms with Gasteiger partial charge in [0.05, 0.1) is 17.6 Å². The van der Waals surface area contributed by atoms with Crippen LogP contribution in [0.5, 0.6) is 0 Å². The minimum Gasteiger partial charge on any atom is -0.465 e. The molecule has 0 aromatic carbocycles. The minimum absolute atomic E-state index is 0.108. The van der Waals surface area contributed by atoms with E-state index in [4.69, 9.17) is 16.3 Å². The standard InChI is InChI=1S/C15H19ClN2O4S/c1-9-11(15(21)22-2)13(17-10(19)8-16)23-12(9)14(20)18-6-4-3-5-7-18/h3-8H2,1-2H3,(H,17,19). The van der Waals surface area contributed by atoms with Gasteiger partial charge < -0.3 is 15.0 Å². The summed E-state index contributed by atoms with van der Waals surface area (Å²) in [4.78, 5) is 38.5. The lowest BCUT2D eigenvalue weighted by atomic mass is 10.1. The number of anilines is 1. The van der Waals surface area contributed by atoms with E-state index in [2.05, 4.69) is 5.32 Å². The molecule has 2 rings (SSSR count). The normalized spacial score (nSPS) is 14.5. The summed E-state index contributed by atoms with van der Waals surface area (Å²) in [5, 5.41) is 2.88. The van der Waals surface area contributed by atoms with Crippen LogP contribution < -0.4 is 5.32 Å². The molecule has 0 saturated carbocycles. The summed E-state index contributed by atoms with van der Waals surface area (Å²) >= 11 is 6.59. The molecule has 2 heterocycles. The summed E-state index contributed by atoms with van der Waals surface area (Å²) < 4.78 is 4.77. The number of rotatable bonds is 4. The van der Waals surface area contributed by atoms with E-state index in [0.717, 1.165) is 30.6 Å². The van der Waals surface area contributed by atoms with E-state index < -0.39 is 11.9 Å². The molecular weight excluding hydrogens is 340 g/mol. The van der Waals surface area contributed by atoms with Crippen LogP contribution in [-0.2, 0) is 9.53 Å². The Morgan fingerprint density at radius 1 is 1.26 bits per heavy atom. The van der Waals surface area contributed by atoms with E-state index in [1.807, 2.05) is 0 Å². The number of methoxy groups -OCH3 is 1. The van der Waals surface area contributed by atoms with Gasteiger partial charge in [0.25, 0.3) is 5.91 Å². The zero-order chi connectivity index (χ0) is 17.0. The van der Waals surface area contributed by atoms with Crippen LogP contribution in [0.15, 0.2) is 0 Å². The zero-order valence-corrected chi connectivity index (χ0v) is 14.7. The highest BCUT2D eigenvalue weighted by Crippen LogP contribution is 2.35. The van der Waals surface area contributed by atoms with Gasteiger partial charge in [0, 0.05) is 13.1 Å². The first kappa shape index (κ1) is 17.7. The molecule has 1 aliphatic rings. The third-order valence-corrected chi connectivity index (χ3v) is 5.19. The van der Waals surface area contributed by atoms with Crippen LogP contribution in [0.2, 0.25) is 0 Å². The molecule has 1 aliphatic heterocycles. The van der Waals surface area contributed by atoms with Crippen LogP contribution in [0.4, 0.5) is 5.00 Å². The SMILES string of the molecule is COC(=O)c1c(NC(=O)CCl)sc(C(=O)N2CCCCC2)c1C. The predicted molar refractivity (Wildman–Crippen MR) is 89.5 cm³/mol. The minimum atomic E-state index is -0.582.